The van der Waals surface area contributed by atoms with Crippen molar-refractivity contribution in [2.24, 2.45) is 0 Å². The molecule has 102 heavy (non-hydrogen) atoms. The number of carbonyl (C=O) groups is 6. The molecule has 0 unspecified atom stereocenters. The second kappa shape index (κ2) is 32.0. The highest BCUT2D eigenvalue weighted by atomic mass is 32.1. The largest absolute Gasteiger partial charge is 0.481 e. The second-order valence-electron chi connectivity index (χ2n) is 26.3. The molecule has 4 aromatic heterocycles. The van der Waals surface area contributed by atoms with Crippen LogP contribution < -0.4 is 9.47 Å². The van der Waals surface area contributed by atoms with E-state index in [1.54, 1.807) is 17.9 Å². The van der Waals surface area contributed by atoms with Gasteiger partial charge >= 0.3 is 24.5 Å². The first kappa shape index (κ1) is 77.6. The van der Waals surface area contributed by atoms with Crippen molar-refractivity contribution in [1.82, 2.24) is 29.6 Å². The van der Waals surface area contributed by atoms with Crippen LogP contribution >= 0.6 is 22.7 Å². The van der Waals surface area contributed by atoms with Crippen LogP contribution in [0.25, 0.3) is 0 Å². The summed E-state index contributed by atoms with van der Waals surface area (Å²) < 4.78 is 166. The summed E-state index contributed by atoms with van der Waals surface area (Å²) in [5.74, 6) is -7.51. The molecular weight excluding hydrogens is 1390 g/mol. The molecular formula is C73H78F11N7O9S2. The third-order valence-corrected chi connectivity index (χ3v) is 21.5. The van der Waals surface area contributed by atoms with Gasteiger partial charge in [-0.05, 0) is 111 Å². The van der Waals surface area contributed by atoms with E-state index in [1.807, 2.05) is 49.4 Å². The molecule has 1 N–H and O–H groups in total. The average Bonchev–Trinajstić information content (AvgIpc) is 0.937. The van der Waals surface area contributed by atoms with E-state index in [-0.39, 0.29) is 113 Å². The maximum absolute atomic E-state index is 14.9. The number of halogens is 11. The number of ether oxygens (including phenoxy) is 2. The number of amides is 4. The molecule has 6 aromatic rings. The molecule has 548 valence electrons. The summed E-state index contributed by atoms with van der Waals surface area (Å²) in [6, 6.07) is 18.6. The number of aliphatic carboxylic acids is 1. The predicted octanol–water partition coefficient (Wildman–Crippen LogP) is 15.9. The first-order valence-corrected chi connectivity index (χ1v) is 35.5. The van der Waals surface area contributed by atoms with Gasteiger partial charge in [-0.15, -0.1) is 22.7 Å². The van der Waals surface area contributed by atoms with Crippen molar-refractivity contribution in [3.63, 3.8) is 0 Å². The van der Waals surface area contributed by atoms with E-state index in [0.29, 0.717) is 93.7 Å². The van der Waals surface area contributed by atoms with Crippen molar-refractivity contribution < 1.29 is 91.6 Å². The third kappa shape index (κ3) is 17.2. The van der Waals surface area contributed by atoms with E-state index >= 15 is 0 Å². The molecule has 29 heteroatoms. The maximum Gasteiger partial charge on any atom is 0.425 e. The van der Waals surface area contributed by atoms with Gasteiger partial charge in [0.15, 0.2) is 0 Å². The number of pyridine rings is 2. The number of carboxylic acid groups (broad SMARTS) is 1. The number of carboxylic acids is 1. The van der Waals surface area contributed by atoms with Crippen molar-refractivity contribution in [1.29, 1.82) is 5.26 Å². The molecule has 10 rings (SSSR count). The fourth-order valence-electron chi connectivity index (χ4n) is 14.7. The monoisotopic (exact) mass is 1470 g/mol. The zero-order chi connectivity index (χ0) is 74.2. The number of hydrogen-bond acceptors (Lipinski definition) is 13. The highest BCUT2D eigenvalue weighted by Gasteiger charge is 2.59. The van der Waals surface area contributed by atoms with E-state index < -0.39 is 109 Å². The minimum absolute atomic E-state index is 0.000649. The van der Waals surface area contributed by atoms with Crippen molar-refractivity contribution >= 4 is 58.1 Å². The SMILES string of the molecule is CCC[C@H]1N(C(=O)c2cnccc2C(C)(F)F)CCC[C@@]1(Oc1csc(C(F)(F)F)c1)C(=O)N1CCC(c2ccccc2CCC(=O)O)CC1.CCC[C@H]1N(C(=O)c2cnccc2C(F)(F)F)CCC[C@@]1(Oc1csc(C(F)(F)F)c1)C(=O)N1CCC(C#N)(c2ccccc2CCC(C)=O)CC1. The predicted molar refractivity (Wildman–Crippen MR) is 356 cm³/mol. The summed E-state index contributed by atoms with van der Waals surface area (Å²) in [5, 5.41) is 22.1. The van der Waals surface area contributed by atoms with Gasteiger partial charge in [-0.2, -0.15) is 44.8 Å². The molecule has 4 amide bonds. The fraction of sp³-hybridized carbons (Fsp3) is 0.493. The number of nitriles is 1. The number of alkyl halides is 11. The van der Waals surface area contributed by atoms with E-state index in [0.717, 1.165) is 64.4 Å². The summed E-state index contributed by atoms with van der Waals surface area (Å²) in [7, 11) is 0. The van der Waals surface area contributed by atoms with Crippen molar-refractivity contribution in [3.05, 3.63) is 163 Å². The second-order valence-corrected chi connectivity index (χ2v) is 28.1. The van der Waals surface area contributed by atoms with Crippen molar-refractivity contribution in [3.8, 4) is 17.6 Å². The fourth-order valence-corrected chi connectivity index (χ4v) is 16.1. The third-order valence-electron chi connectivity index (χ3n) is 19.6. The number of rotatable bonds is 21. The lowest BCUT2D eigenvalue weighted by atomic mass is 9.71. The summed E-state index contributed by atoms with van der Waals surface area (Å²) in [4.78, 5) is 92.4. The van der Waals surface area contributed by atoms with Crippen LogP contribution in [0, 0.1) is 11.3 Å². The summed E-state index contributed by atoms with van der Waals surface area (Å²) in [6.07, 6.45) is -6.10. The van der Waals surface area contributed by atoms with Crippen LogP contribution in [0.2, 0.25) is 0 Å². The first-order chi connectivity index (χ1) is 48.2. The van der Waals surface area contributed by atoms with Gasteiger partial charge in [-0.3, -0.25) is 33.9 Å². The lowest BCUT2D eigenvalue weighted by molar-refractivity contribution is -0.161. The number of hydrogen-bond donors (Lipinski definition) is 1. The molecule has 0 saturated carbocycles. The molecule has 4 fully saturated rings. The summed E-state index contributed by atoms with van der Waals surface area (Å²) in [5.41, 5.74) is -3.97. The summed E-state index contributed by atoms with van der Waals surface area (Å²) >= 11 is 0.811. The van der Waals surface area contributed by atoms with Gasteiger partial charge in [-0.1, -0.05) is 75.2 Å². The Balaban J connectivity index is 0.000000237. The lowest BCUT2D eigenvalue weighted by Crippen LogP contribution is -2.68. The quantitative estimate of drug-likeness (QED) is 0.0669. The Morgan fingerprint density at radius 1 is 0.608 bits per heavy atom. The Morgan fingerprint density at radius 3 is 1.52 bits per heavy atom. The maximum atomic E-state index is 14.9. The van der Waals surface area contributed by atoms with Gasteiger partial charge in [0.1, 0.15) is 27.0 Å². The van der Waals surface area contributed by atoms with Crippen LogP contribution in [0.3, 0.4) is 0 Å². The van der Waals surface area contributed by atoms with Gasteiger partial charge in [-0.25, -0.2) is 8.78 Å². The average molecular weight is 1470 g/mol. The Morgan fingerprint density at radius 2 is 1.07 bits per heavy atom. The Kier molecular flexibility index (Phi) is 24.4. The smallest absolute Gasteiger partial charge is 0.425 e. The molecule has 8 heterocycles. The van der Waals surface area contributed by atoms with E-state index in [2.05, 4.69) is 16.0 Å². The highest BCUT2D eigenvalue weighted by Crippen LogP contribution is 2.47. The molecule has 4 atom stereocenters. The van der Waals surface area contributed by atoms with E-state index in [1.165, 1.54) is 33.2 Å². The highest BCUT2D eigenvalue weighted by molar-refractivity contribution is 7.10. The van der Waals surface area contributed by atoms with Crippen LogP contribution in [0.15, 0.2) is 108 Å². The van der Waals surface area contributed by atoms with Crippen LogP contribution in [-0.4, -0.2) is 133 Å². The Labute approximate surface area is 590 Å². The van der Waals surface area contributed by atoms with Gasteiger partial charge < -0.3 is 39.0 Å². The number of piperidine rings is 4. The zero-order valence-corrected chi connectivity index (χ0v) is 58.1. The van der Waals surface area contributed by atoms with E-state index in [9.17, 15) is 87.4 Å². The molecule has 4 saturated heterocycles. The summed E-state index contributed by atoms with van der Waals surface area (Å²) in [6.45, 7) is 6.56. The molecule has 0 spiro atoms. The van der Waals surface area contributed by atoms with Crippen LogP contribution in [-0.2, 0) is 61.9 Å². The Hall–Kier alpha value is -8.52. The van der Waals surface area contributed by atoms with Crippen LogP contribution in [0.4, 0.5) is 48.3 Å². The van der Waals surface area contributed by atoms with Gasteiger partial charge in [0.05, 0.1) is 40.3 Å². The number of benzene rings is 2. The van der Waals surface area contributed by atoms with Crippen LogP contribution in [0.5, 0.6) is 11.5 Å². The number of nitrogens with zero attached hydrogens (tertiary/aromatic N) is 7. The molecule has 0 aliphatic carbocycles. The van der Waals surface area contributed by atoms with Gasteiger partial charge in [0.25, 0.3) is 29.6 Å². The van der Waals surface area contributed by atoms with Crippen molar-refractivity contribution in [2.45, 2.75) is 189 Å². The van der Waals surface area contributed by atoms with Gasteiger partial charge in [0, 0.05) is 125 Å². The molecule has 2 aromatic carbocycles. The molecule has 0 bridgehead atoms. The first-order valence-electron chi connectivity index (χ1n) is 33.7. The number of ketones is 1. The van der Waals surface area contributed by atoms with Crippen LogP contribution in [0.1, 0.15) is 187 Å². The molecule has 0 radical (unpaired) electrons. The Bertz CT molecular complexity index is 4020. The minimum atomic E-state index is -4.89. The lowest BCUT2D eigenvalue weighted by Gasteiger charge is -2.51. The number of thiophene rings is 2. The topological polar surface area (TPSA) is 204 Å². The number of likely N-dealkylation sites (tertiary alicyclic amines) is 4. The number of carbonyl (C=O) groups excluding carboxylic acids is 5. The number of Topliss-reactive ketones (excluding diaryl/α,β-unsaturated/α-hetero) is 1. The minimum Gasteiger partial charge on any atom is -0.481 e. The van der Waals surface area contributed by atoms with E-state index in [4.69, 9.17) is 9.47 Å². The normalized spacial score (nSPS) is 20.6. The number of aryl methyl sites for hydroxylation is 2. The molecule has 4 aliphatic rings. The molecule has 16 nitrogen and oxygen atoms in total. The zero-order valence-electron chi connectivity index (χ0n) is 56.5. The standard InChI is InChI=1S/C37H38F6N4O4S.C36H40F5N3O5S/c1-3-7-30-35(51-26-20-31(52-22-26)37(41,42)43,13-6-17-47(30)32(49)27-21-45-16-12-29(27)36(38,39)40)33(50)46-18-14-34(23-44,15-19-46)28-9-5-4-8-25(28)11-10-24(2)48;1-3-7-29-35(49-25-20-30(50-22-25)36(39,40)41,15-6-17-44(29)32(47)27-21-42-16-12-28(27)34(2,37)38)33(48)43-18-13-24(14-19-43)26-9-5-4-8-23(26)10-11-31(45)46/h4-5,8-9,12,16,20-22,30H,3,6-7,10-11,13-15,17-19H2,1-2H3;4-5,8-9,12,16,20-22,24,29H,3,6-7,10-11,13-15,17-19H2,1-2H3,(H,45,46)/t30-,35+;29-,35+/m11/s1. The number of aromatic nitrogens is 2. The van der Waals surface area contributed by atoms with Gasteiger partial charge in [0.2, 0.25) is 11.2 Å². The van der Waals surface area contributed by atoms with Crippen molar-refractivity contribution in [2.75, 3.05) is 39.3 Å². The molecule has 4 aliphatic heterocycles.